The van der Waals surface area contributed by atoms with Gasteiger partial charge in [-0.25, -0.2) is 14.3 Å². The van der Waals surface area contributed by atoms with Crippen molar-refractivity contribution in [3.63, 3.8) is 0 Å². The van der Waals surface area contributed by atoms with Crippen molar-refractivity contribution in [2.75, 3.05) is 7.11 Å². The highest BCUT2D eigenvalue weighted by atomic mass is 35.5. The van der Waals surface area contributed by atoms with Crippen LogP contribution in [0, 0.1) is 6.92 Å². The third-order valence-corrected chi connectivity index (χ3v) is 6.05. The number of rotatable bonds is 6. The number of nitrogens with zero attached hydrogens (tertiary/aromatic N) is 2. The molecule has 0 saturated carbocycles. The van der Waals surface area contributed by atoms with Gasteiger partial charge < -0.3 is 10.1 Å². The highest BCUT2D eigenvalue weighted by Gasteiger charge is 2.14. The Morgan fingerprint density at radius 3 is 2.55 bits per heavy atom. The van der Waals surface area contributed by atoms with Crippen LogP contribution in [0.4, 0.5) is 0 Å². The summed E-state index contributed by atoms with van der Waals surface area (Å²) in [5, 5.41) is 11.8. The molecule has 6 nitrogen and oxygen atoms in total. The quantitative estimate of drug-likeness (QED) is 0.371. The molecule has 2 N–H and O–H groups in total. The lowest BCUT2D eigenvalue weighted by atomic mass is 9.98. The van der Waals surface area contributed by atoms with E-state index in [0.717, 1.165) is 56.0 Å². The first kappa shape index (κ1) is 21.2. The van der Waals surface area contributed by atoms with Crippen LogP contribution in [0.3, 0.4) is 0 Å². The zero-order valence-corrected chi connectivity index (χ0v) is 19.1. The van der Waals surface area contributed by atoms with Crippen molar-refractivity contribution in [3.8, 4) is 16.9 Å². The molecule has 0 saturated heterocycles. The number of aromatic nitrogens is 3. The summed E-state index contributed by atoms with van der Waals surface area (Å²) in [7, 11) is 1.67. The number of aryl methyl sites for hydroxylation is 1. The third kappa shape index (κ3) is 4.11. The Bertz CT molecular complexity index is 1540. The minimum absolute atomic E-state index is 0.259. The summed E-state index contributed by atoms with van der Waals surface area (Å²) in [4.78, 5) is 12.4. The second-order valence-electron chi connectivity index (χ2n) is 8.05. The predicted molar refractivity (Wildman–Crippen MR) is 132 cm³/mol. The monoisotopic (exact) mass is 458 g/mol. The van der Waals surface area contributed by atoms with Gasteiger partial charge in [0.15, 0.2) is 5.65 Å². The van der Waals surface area contributed by atoms with Gasteiger partial charge in [-0.05, 0) is 65.6 Å². The lowest BCUT2D eigenvalue weighted by Crippen LogP contribution is -2.12. The number of methoxy groups -OCH3 is 1. The SMILES string of the molecule is COc1cc2c(C)cc3n[nH]c(=O)n3c2cc1-c1cccc(CNCc2cccc(Cl)c2)c1. The summed E-state index contributed by atoms with van der Waals surface area (Å²) in [5.74, 6) is 0.755. The van der Waals surface area contributed by atoms with Gasteiger partial charge in [0.25, 0.3) is 0 Å². The van der Waals surface area contributed by atoms with Crippen LogP contribution >= 0.6 is 11.6 Å². The lowest BCUT2D eigenvalue weighted by molar-refractivity contribution is 0.417. The number of pyridine rings is 1. The summed E-state index contributed by atoms with van der Waals surface area (Å²) in [6, 6.07) is 22.0. The summed E-state index contributed by atoms with van der Waals surface area (Å²) < 4.78 is 7.34. The zero-order chi connectivity index (χ0) is 22.9. The molecule has 2 aromatic heterocycles. The molecule has 166 valence electrons. The first-order valence-corrected chi connectivity index (χ1v) is 11.0. The third-order valence-electron chi connectivity index (χ3n) is 5.81. The fraction of sp³-hybridized carbons (Fsp3) is 0.154. The van der Waals surface area contributed by atoms with Gasteiger partial charge in [0, 0.05) is 29.1 Å². The van der Waals surface area contributed by atoms with Gasteiger partial charge in [0.2, 0.25) is 0 Å². The maximum atomic E-state index is 12.4. The maximum Gasteiger partial charge on any atom is 0.348 e. The van der Waals surface area contributed by atoms with E-state index in [0.29, 0.717) is 12.2 Å². The van der Waals surface area contributed by atoms with Crippen molar-refractivity contribution in [1.29, 1.82) is 0 Å². The zero-order valence-electron chi connectivity index (χ0n) is 18.4. The molecule has 0 atom stereocenters. The van der Waals surface area contributed by atoms with Crippen molar-refractivity contribution in [2.24, 2.45) is 0 Å². The smallest absolute Gasteiger partial charge is 0.348 e. The molecule has 0 aliphatic carbocycles. The molecule has 2 heterocycles. The van der Waals surface area contributed by atoms with Crippen LogP contribution in [0.1, 0.15) is 16.7 Å². The van der Waals surface area contributed by atoms with Crippen LogP contribution < -0.4 is 15.7 Å². The molecule has 0 bridgehead atoms. The Labute approximate surface area is 195 Å². The second-order valence-corrected chi connectivity index (χ2v) is 8.49. The fourth-order valence-corrected chi connectivity index (χ4v) is 4.43. The lowest BCUT2D eigenvalue weighted by Gasteiger charge is -2.14. The molecule has 5 rings (SSSR count). The molecule has 0 unspecified atom stereocenters. The first-order chi connectivity index (χ1) is 16.0. The average Bonchev–Trinajstić information content (AvgIpc) is 3.19. The minimum Gasteiger partial charge on any atom is -0.496 e. The van der Waals surface area contributed by atoms with Gasteiger partial charge in [-0.2, -0.15) is 5.10 Å². The number of fused-ring (bicyclic) bond motifs is 3. The van der Waals surface area contributed by atoms with E-state index in [1.807, 2.05) is 49.4 Å². The van der Waals surface area contributed by atoms with Crippen molar-refractivity contribution in [3.05, 3.63) is 98.9 Å². The normalized spacial score (nSPS) is 11.4. The summed E-state index contributed by atoms with van der Waals surface area (Å²) >= 11 is 6.08. The van der Waals surface area contributed by atoms with E-state index in [4.69, 9.17) is 16.3 Å². The van der Waals surface area contributed by atoms with Crippen LogP contribution in [-0.4, -0.2) is 21.7 Å². The number of hydrogen-bond donors (Lipinski definition) is 2. The van der Waals surface area contributed by atoms with E-state index in [1.165, 1.54) is 0 Å². The van der Waals surface area contributed by atoms with Gasteiger partial charge in [-0.3, -0.25) is 0 Å². The van der Waals surface area contributed by atoms with Crippen LogP contribution in [0.15, 0.2) is 71.5 Å². The molecular formula is C26H23ClN4O2. The molecule has 0 aliphatic rings. The van der Waals surface area contributed by atoms with E-state index in [1.54, 1.807) is 11.5 Å². The van der Waals surface area contributed by atoms with Crippen molar-refractivity contribution >= 4 is 28.2 Å². The Balaban J connectivity index is 1.51. The molecule has 0 aliphatic heterocycles. The molecule has 0 radical (unpaired) electrons. The molecule has 3 aromatic carbocycles. The molecule has 7 heteroatoms. The molecule has 5 aromatic rings. The topological polar surface area (TPSA) is 71.4 Å². The van der Waals surface area contributed by atoms with Gasteiger partial charge in [0.05, 0.1) is 12.6 Å². The van der Waals surface area contributed by atoms with Crippen molar-refractivity contribution in [1.82, 2.24) is 19.9 Å². The van der Waals surface area contributed by atoms with Gasteiger partial charge in [0.1, 0.15) is 5.75 Å². The first-order valence-electron chi connectivity index (χ1n) is 10.7. The molecule has 0 amide bonds. The number of H-pyrrole nitrogens is 1. The number of hydrogen-bond acceptors (Lipinski definition) is 4. The van der Waals surface area contributed by atoms with E-state index >= 15 is 0 Å². The van der Waals surface area contributed by atoms with Crippen molar-refractivity contribution in [2.45, 2.75) is 20.0 Å². The Kier molecular flexibility index (Phi) is 5.62. The number of benzene rings is 3. The number of halogens is 1. The fourth-order valence-electron chi connectivity index (χ4n) is 4.22. The molecule has 0 spiro atoms. The molecular weight excluding hydrogens is 436 g/mol. The standard InChI is InChI=1S/C26H23ClN4O2/c1-16-9-25-29-30-26(32)31(25)23-12-22(24(33-2)13-21(16)23)19-7-3-5-17(10-19)14-28-15-18-6-4-8-20(27)11-18/h3-13,28H,14-15H2,1-2H3,(H,30,32). The highest BCUT2D eigenvalue weighted by molar-refractivity contribution is 6.30. The number of ether oxygens (including phenoxy) is 1. The van der Waals surface area contributed by atoms with E-state index in [9.17, 15) is 4.79 Å². The van der Waals surface area contributed by atoms with E-state index in [-0.39, 0.29) is 5.69 Å². The van der Waals surface area contributed by atoms with Crippen molar-refractivity contribution < 1.29 is 4.74 Å². The minimum atomic E-state index is -0.259. The summed E-state index contributed by atoms with van der Waals surface area (Å²) in [5.41, 5.74) is 6.38. The summed E-state index contributed by atoms with van der Waals surface area (Å²) in [6.07, 6.45) is 0. The van der Waals surface area contributed by atoms with Crippen LogP contribution in [0.2, 0.25) is 5.02 Å². The van der Waals surface area contributed by atoms with E-state index < -0.39 is 0 Å². The summed E-state index contributed by atoms with van der Waals surface area (Å²) in [6.45, 7) is 3.44. The van der Waals surface area contributed by atoms with Crippen LogP contribution in [0.25, 0.3) is 27.7 Å². The second kappa shape index (κ2) is 8.73. The van der Waals surface area contributed by atoms with E-state index in [2.05, 4.69) is 39.8 Å². The molecule has 33 heavy (non-hydrogen) atoms. The Morgan fingerprint density at radius 2 is 1.79 bits per heavy atom. The predicted octanol–water partition coefficient (Wildman–Crippen LogP) is 5.10. The van der Waals surface area contributed by atoms with Gasteiger partial charge in [-0.1, -0.05) is 41.9 Å². The van der Waals surface area contributed by atoms with Gasteiger partial charge in [-0.15, -0.1) is 0 Å². The molecule has 0 fully saturated rings. The van der Waals surface area contributed by atoms with Gasteiger partial charge >= 0.3 is 5.69 Å². The van der Waals surface area contributed by atoms with Crippen LogP contribution in [-0.2, 0) is 13.1 Å². The Hall–Kier alpha value is -3.61. The number of aromatic amines is 1. The average molecular weight is 459 g/mol. The highest BCUT2D eigenvalue weighted by Crippen LogP contribution is 2.35. The largest absolute Gasteiger partial charge is 0.496 e. The number of nitrogens with one attached hydrogen (secondary N) is 2. The maximum absolute atomic E-state index is 12.4. The van der Waals surface area contributed by atoms with Crippen LogP contribution in [0.5, 0.6) is 5.75 Å². The Morgan fingerprint density at radius 1 is 1.03 bits per heavy atom.